The number of amides is 1. The molecule has 1 N–H and O–H groups in total. The number of carbonyl (C=O) groups is 1. The van der Waals surface area contributed by atoms with Gasteiger partial charge in [-0.25, -0.2) is 8.78 Å². The molecule has 0 spiro atoms. The standard InChI is InChI=1S/C7H9F4NO/c8-5(9)6(13)12-4-1-2-7(10,11)3-4/h4-5H,1-3H2,(H,12,13). The highest BCUT2D eigenvalue weighted by Gasteiger charge is 2.40. The van der Waals surface area contributed by atoms with Gasteiger partial charge in [0.15, 0.2) is 0 Å². The van der Waals surface area contributed by atoms with Crippen molar-refractivity contribution in [3.63, 3.8) is 0 Å². The van der Waals surface area contributed by atoms with Gasteiger partial charge in [-0.2, -0.15) is 8.78 Å². The third-order valence-corrected chi connectivity index (χ3v) is 1.95. The van der Waals surface area contributed by atoms with Crippen molar-refractivity contribution in [1.82, 2.24) is 5.32 Å². The van der Waals surface area contributed by atoms with Gasteiger partial charge < -0.3 is 5.32 Å². The minimum Gasteiger partial charge on any atom is -0.348 e. The van der Waals surface area contributed by atoms with Gasteiger partial charge in [-0.3, -0.25) is 4.79 Å². The average Bonchev–Trinajstić information content (AvgIpc) is 2.30. The molecular weight excluding hydrogens is 190 g/mol. The monoisotopic (exact) mass is 199 g/mol. The van der Waals surface area contributed by atoms with Gasteiger partial charge in [0, 0.05) is 18.9 Å². The molecule has 13 heavy (non-hydrogen) atoms. The Morgan fingerprint density at radius 1 is 1.46 bits per heavy atom. The summed E-state index contributed by atoms with van der Waals surface area (Å²) < 4.78 is 48.4. The highest BCUT2D eigenvalue weighted by molar-refractivity contribution is 5.79. The number of nitrogens with one attached hydrogen (secondary N) is 1. The summed E-state index contributed by atoms with van der Waals surface area (Å²) in [5, 5.41) is 1.86. The van der Waals surface area contributed by atoms with Crippen LogP contribution in [0.25, 0.3) is 0 Å². The Morgan fingerprint density at radius 3 is 2.46 bits per heavy atom. The van der Waals surface area contributed by atoms with Crippen LogP contribution in [0.3, 0.4) is 0 Å². The maximum absolute atomic E-state index is 12.5. The molecule has 1 aliphatic rings. The molecule has 1 aliphatic carbocycles. The zero-order chi connectivity index (χ0) is 10.1. The molecule has 1 fully saturated rings. The first-order valence-corrected chi connectivity index (χ1v) is 3.87. The minimum atomic E-state index is -3.13. The number of hydrogen-bond donors (Lipinski definition) is 1. The van der Waals surface area contributed by atoms with Crippen molar-refractivity contribution in [2.75, 3.05) is 0 Å². The first-order valence-electron chi connectivity index (χ1n) is 3.87. The van der Waals surface area contributed by atoms with Crippen molar-refractivity contribution in [2.24, 2.45) is 0 Å². The van der Waals surface area contributed by atoms with Crippen LogP contribution in [-0.2, 0) is 4.79 Å². The predicted molar refractivity (Wildman–Crippen MR) is 36.7 cm³/mol. The van der Waals surface area contributed by atoms with E-state index in [0.29, 0.717) is 0 Å². The molecule has 1 atom stereocenters. The zero-order valence-electron chi connectivity index (χ0n) is 6.70. The zero-order valence-corrected chi connectivity index (χ0v) is 6.70. The maximum Gasteiger partial charge on any atom is 0.315 e. The normalized spacial score (nSPS) is 26.4. The van der Waals surface area contributed by atoms with E-state index in [2.05, 4.69) is 0 Å². The third-order valence-electron chi connectivity index (χ3n) is 1.95. The molecule has 0 radical (unpaired) electrons. The van der Waals surface area contributed by atoms with Gasteiger partial charge >= 0.3 is 6.43 Å². The molecule has 1 unspecified atom stereocenters. The summed E-state index contributed by atoms with van der Waals surface area (Å²) in [5.74, 6) is -4.29. The van der Waals surface area contributed by atoms with Crippen LogP contribution >= 0.6 is 0 Å². The maximum atomic E-state index is 12.5. The number of alkyl halides is 4. The molecule has 1 rings (SSSR count). The molecule has 1 saturated carbocycles. The van der Waals surface area contributed by atoms with Crippen LogP contribution in [0, 0.1) is 0 Å². The van der Waals surface area contributed by atoms with E-state index in [0.717, 1.165) is 0 Å². The Labute approximate surface area is 72.3 Å². The van der Waals surface area contributed by atoms with Gasteiger partial charge in [0.05, 0.1) is 0 Å². The Kier molecular flexibility index (Phi) is 2.77. The van der Waals surface area contributed by atoms with Crippen LogP contribution in [0.5, 0.6) is 0 Å². The van der Waals surface area contributed by atoms with Crippen LogP contribution in [-0.4, -0.2) is 24.3 Å². The van der Waals surface area contributed by atoms with Crippen LogP contribution < -0.4 is 5.32 Å². The molecule has 0 aromatic carbocycles. The van der Waals surface area contributed by atoms with Crippen molar-refractivity contribution >= 4 is 5.91 Å². The van der Waals surface area contributed by atoms with Crippen LogP contribution in [0.1, 0.15) is 19.3 Å². The fraction of sp³-hybridized carbons (Fsp3) is 0.857. The lowest BCUT2D eigenvalue weighted by molar-refractivity contribution is -0.132. The second-order valence-electron chi connectivity index (χ2n) is 3.10. The summed E-state index contributed by atoms with van der Waals surface area (Å²) in [6.45, 7) is 0. The smallest absolute Gasteiger partial charge is 0.315 e. The Balaban J connectivity index is 2.37. The fourth-order valence-electron chi connectivity index (χ4n) is 1.34. The van der Waals surface area contributed by atoms with Gasteiger partial charge in [-0.05, 0) is 6.42 Å². The second kappa shape index (κ2) is 3.51. The summed E-state index contributed by atoms with van der Waals surface area (Å²) in [6.07, 6.45) is -3.95. The van der Waals surface area contributed by atoms with Crippen molar-refractivity contribution in [1.29, 1.82) is 0 Å². The summed E-state index contributed by atoms with van der Waals surface area (Å²) in [7, 11) is 0. The Morgan fingerprint density at radius 2 is 2.08 bits per heavy atom. The molecule has 0 heterocycles. The van der Waals surface area contributed by atoms with E-state index < -0.39 is 30.7 Å². The summed E-state index contributed by atoms with van der Waals surface area (Å²) >= 11 is 0. The molecular formula is C7H9F4NO. The summed E-state index contributed by atoms with van der Waals surface area (Å²) in [6, 6.07) is -0.809. The van der Waals surface area contributed by atoms with Crippen LogP contribution in [0.15, 0.2) is 0 Å². The number of hydrogen-bond acceptors (Lipinski definition) is 1. The topological polar surface area (TPSA) is 29.1 Å². The SMILES string of the molecule is O=C(NC1CCC(F)(F)C1)C(F)F. The Hall–Kier alpha value is -0.810. The number of rotatable bonds is 2. The first kappa shape index (κ1) is 10.3. The van der Waals surface area contributed by atoms with Crippen LogP contribution in [0.2, 0.25) is 0 Å². The lowest BCUT2D eigenvalue weighted by Gasteiger charge is -2.11. The van der Waals surface area contributed by atoms with Crippen molar-refractivity contribution < 1.29 is 22.4 Å². The van der Waals surface area contributed by atoms with Gasteiger partial charge in [0.1, 0.15) is 0 Å². The highest BCUT2D eigenvalue weighted by Crippen LogP contribution is 2.34. The van der Waals surface area contributed by atoms with Crippen molar-refractivity contribution in [3.05, 3.63) is 0 Å². The second-order valence-corrected chi connectivity index (χ2v) is 3.10. The molecule has 0 aromatic rings. The molecule has 1 amide bonds. The molecule has 76 valence electrons. The van der Waals surface area contributed by atoms with Gasteiger partial charge in [0.25, 0.3) is 5.91 Å². The minimum absolute atomic E-state index is 0.0610. The molecule has 0 saturated heterocycles. The van der Waals surface area contributed by atoms with E-state index >= 15 is 0 Å². The molecule has 0 aliphatic heterocycles. The van der Waals surface area contributed by atoms with E-state index in [1.54, 1.807) is 0 Å². The average molecular weight is 199 g/mol. The lowest BCUT2D eigenvalue weighted by Crippen LogP contribution is -2.37. The molecule has 0 bridgehead atoms. The van der Waals surface area contributed by atoms with Crippen molar-refractivity contribution in [3.8, 4) is 0 Å². The van der Waals surface area contributed by atoms with Gasteiger partial charge in [-0.1, -0.05) is 0 Å². The quantitative estimate of drug-likeness (QED) is 0.672. The number of carbonyl (C=O) groups excluding carboxylic acids is 1. The number of halogens is 4. The lowest BCUT2D eigenvalue weighted by atomic mass is 10.2. The molecule has 0 aromatic heterocycles. The van der Waals surface area contributed by atoms with Crippen molar-refractivity contribution in [2.45, 2.75) is 37.7 Å². The van der Waals surface area contributed by atoms with Gasteiger partial charge in [-0.15, -0.1) is 0 Å². The third kappa shape index (κ3) is 2.86. The fourth-order valence-corrected chi connectivity index (χ4v) is 1.34. The first-order chi connectivity index (χ1) is 5.91. The summed E-state index contributed by atoms with van der Waals surface area (Å²) in [4.78, 5) is 10.4. The molecule has 6 heteroatoms. The van der Waals surface area contributed by atoms with Crippen LogP contribution in [0.4, 0.5) is 17.6 Å². The van der Waals surface area contributed by atoms with E-state index in [1.165, 1.54) is 0 Å². The van der Waals surface area contributed by atoms with E-state index in [9.17, 15) is 22.4 Å². The Bertz CT molecular complexity index is 207. The predicted octanol–water partition coefficient (Wildman–Crippen LogP) is 1.56. The van der Waals surface area contributed by atoms with E-state index in [-0.39, 0.29) is 12.8 Å². The van der Waals surface area contributed by atoms with E-state index in [1.807, 2.05) is 5.32 Å². The molecule has 2 nitrogen and oxygen atoms in total. The largest absolute Gasteiger partial charge is 0.348 e. The summed E-state index contributed by atoms with van der Waals surface area (Å²) in [5.41, 5.74) is 0. The van der Waals surface area contributed by atoms with E-state index in [4.69, 9.17) is 0 Å². The van der Waals surface area contributed by atoms with Gasteiger partial charge in [0.2, 0.25) is 5.92 Å². The highest BCUT2D eigenvalue weighted by atomic mass is 19.3.